The molecule has 0 aliphatic carbocycles. The molecule has 1 amide bonds. The van der Waals surface area contributed by atoms with Crippen LogP contribution in [0.1, 0.15) is 32.6 Å². The van der Waals surface area contributed by atoms with Crippen molar-refractivity contribution in [3.05, 3.63) is 29.8 Å². The number of carbonyl (C=O) groups excluding carboxylic acids is 1. The Balaban J connectivity index is 2.47. The number of ether oxygens (including phenoxy) is 1. The average Bonchev–Trinajstić information content (AvgIpc) is 2.36. The Kier molecular flexibility index (Phi) is 6.25. The first-order chi connectivity index (χ1) is 9.04. The molecule has 0 aliphatic rings. The fourth-order valence-corrected chi connectivity index (χ4v) is 1.62. The summed E-state index contributed by atoms with van der Waals surface area (Å²) in [7, 11) is 1.42. The van der Waals surface area contributed by atoms with E-state index in [2.05, 4.69) is 6.92 Å². The van der Waals surface area contributed by atoms with E-state index in [0.29, 0.717) is 6.61 Å². The predicted octanol–water partition coefficient (Wildman–Crippen LogP) is 4.12. The fraction of sp³-hybridized carbons (Fsp3) is 0.500. The van der Waals surface area contributed by atoms with Crippen molar-refractivity contribution < 1.29 is 18.3 Å². The Hall–Kier alpha value is -1.65. The van der Waals surface area contributed by atoms with Gasteiger partial charge in [-0.1, -0.05) is 26.2 Å². The van der Waals surface area contributed by atoms with Crippen LogP contribution >= 0.6 is 0 Å². The molecule has 1 rings (SSSR count). The molecule has 1 aromatic rings. The first-order valence-electron chi connectivity index (χ1n) is 6.41. The molecule has 106 valence electrons. The number of hydrogen-bond acceptors (Lipinski definition) is 2. The quantitative estimate of drug-likeness (QED) is 0.728. The van der Waals surface area contributed by atoms with E-state index in [1.54, 1.807) is 0 Å². The van der Waals surface area contributed by atoms with Gasteiger partial charge in [-0.15, -0.1) is 0 Å². The molecule has 0 fully saturated rings. The van der Waals surface area contributed by atoms with Crippen LogP contribution in [0, 0.1) is 11.6 Å². The molecule has 0 unspecified atom stereocenters. The molecule has 0 aromatic heterocycles. The van der Waals surface area contributed by atoms with Crippen molar-refractivity contribution in [2.24, 2.45) is 0 Å². The van der Waals surface area contributed by atoms with E-state index in [0.717, 1.165) is 48.8 Å². The van der Waals surface area contributed by atoms with Crippen LogP contribution in [0.25, 0.3) is 0 Å². The maximum absolute atomic E-state index is 13.0. The fourth-order valence-electron chi connectivity index (χ4n) is 1.62. The largest absolute Gasteiger partial charge is 0.449 e. The Morgan fingerprint density at radius 2 is 1.79 bits per heavy atom. The number of halogens is 2. The van der Waals surface area contributed by atoms with Gasteiger partial charge >= 0.3 is 6.09 Å². The second kappa shape index (κ2) is 7.71. The third kappa shape index (κ3) is 5.24. The molecule has 0 saturated heterocycles. The van der Waals surface area contributed by atoms with Gasteiger partial charge in [0.15, 0.2) is 0 Å². The van der Waals surface area contributed by atoms with Gasteiger partial charge in [-0.2, -0.15) is 0 Å². The van der Waals surface area contributed by atoms with Crippen LogP contribution in [0.15, 0.2) is 18.2 Å². The van der Waals surface area contributed by atoms with Crippen molar-refractivity contribution in [2.75, 3.05) is 18.6 Å². The van der Waals surface area contributed by atoms with E-state index >= 15 is 0 Å². The standard InChI is InChI=1S/C14H19F2NO2/c1-3-4-5-6-7-19-14(18)17(2)13-9-11(15)8-12(16)10-13/h8-10H,3-7H2,1-2H3. The Morgan fingerprint density at radius 1 is 1.16 bits per heavy atom. The molecule has 0 N–H and O–H groups in total. The SMILES string of the molecule is CCCCCCOC(=O)N(C)c1cc(F)cc(F)c1. The zero-order valence-electron chi connectivity index (χ0n) is 11.3. The first kappa shape index (κ1) is 15.4. The third-order valence-corrected chi connectivity index (χ3v) is 2.73. The van der Waals surface area contributed by atoms with Crippen molar-refractivity contribution in [2.45, 2.75) is 32.6 Å². The molecule has 0 saturated carbocycles. The predicted molar refractivity (Wildman–Crippen MR) is 70.3 cm³/mol. The van der Waals surface area contributed by atoms with Gasteiger partial charge in [0, 0.05) is 13.1 Å². The molecule has 0 atom stereocenters. The lowest BCUT2D eigenvalue weighted by Crippen LogP contribution is -2.27. The number of anilines is 1. The number of hydrogen-bond donors (Lipinski definition) is 0. The molecule has 0 radical (unpaired) electrons. The van der Waals surface area contributed by atoms with Crippen molar-refractivity contribution in [1.29, 1.82) is 0 Å². The van der Waals surface area contributed by atoms with E-state index in [-0.39, 0.29) is 5.69 Å². The number of benzene rings is 1. The maximum atomic E-state index is 13.0. The summed E-state index contributed by atoms with van der Waals surface area (Å²) in [6, 6.07) is 2.93. The van der Waals surface area contributed by atoms with E-state index in [9.17, 15) is 13.6 Å². The molecule has 5 heteroatoms. The van der Waals surface area contributed by atoms with E-state index in [1.165, 1.54) is 7.05 Å². The normalized spacial score (nSPS) is 10.3. The summed E-state index contributed by atoms with van der Waals surface area (Å²) >= 11 is 0. The van der Waals surface area contributed by atoms with Crippen LogP contribution in [-0.2, 0) is 4.74 Å². The van der Waals surface area contributed by atoms with Gasteiger partial charge in [0.1, 0.15) is 11.6 Å². The van der Waals surface area contributed by atoms with Crippen LogP contribution in [0.3, 0.4) is 0 Å². The zero-order chi connectivity index (χ0) is 14.3. The Morgan fingerprint density at radius 3 is 2.37 bits per heavy atom. The minimum Gasteiger partial charge on any atom is -0.449 e. The molecule has 1 aromatic carbocycles. The van der Waals surface area contributed by atoms with E-state index in [4.69, 9.17) is 4.74 Å². The summed E-state index contributed by atoms with van der Waals surface area (Å²) in [6.45, 7) is 2.42. The van der Waals surface area contributed by atoms with Gasteiger partial charge < -0.3 is 4.74 Å². The summed E-state index contributed by atoms with van der Waals surface area (Å²) in [5.41, 5.74) is 0.135. The lowest BCUT2D eigenvalue weighted by molar-refractivity contribution is 0.152. The summed E-state index contributed by atoms with van der Waals surface area (Å²) in [5.74, 6) is -1.45. The topological polar surface area (TPSA) is 29.5 Å². The number of carbonyl (C=O) groups is 1. The highest BCUT2D eigenvalue weighted by Gasteiger charge is 2.13. The van der Waals surface area contributed by atoms with Gasteiger partial charge in [0.2, 0.25) is 0 Å². The van der Waals surface area contributed by atoms with Crippen molar-refractivity contribution in [3.63, 3.8) is 0 Å². The lowest BCUT2D eigenvalue weighted by Gasteiger charge is -2.17. The van der Waals surface area contributed by atoms with Gasteiger partial charge in [0.25, 0.3) is 0 Å². The van der Waals surface area contributed by atoms with Crippen LogP contribution in [0.4, 0.5) is 19.3 Å². The minimum absolute atomic E-state index is 0.135. The van der Waals surface area contributed by atoms with Crippen LogP contribution < -0.4 is 4.90 Å². The molecular weight excluding hydrogens is 252 g/mol. The number of amides is 1. The molecular formula is C14H19F2NO2. The molecule has 19 heavy (non-hydrogen) atoms. The minimum atomic E-state index is -0.724. The van der Waals surface area contributed by atoms with Crippen molar-refractivity contribution in [3.8, 4) is 0 Å². The second-order valence-corrected chi connectivity index (χ2v) is 4.36. The highest BCUT2D eigenvalue weighted by Crippen LogP contribution is 2.17. The maximum Gasteiger partial charge on any atom is 0.414 e. The molecule has 0 spiro atoms. The van der Waals surface area contributed by atoms with E-state index in [1.807, 2.05) is 0 Å². The third-order valence-electron chi connectivity index (χ3n) is 2.73. The van der Waals surface area contributed by atoms with Crippen LogP contribution in [0.5, 0.6) is 0 Å². The number of nitrogens with zero attached hydrogens (tertiary/aromatic N) is 1. The summed E-state index contributed by atoms with van der Waals surface area (Å²) in [6.07, 6.45) is 3.40. The van der Waals surface area contributed by atoms with Gasteiger partial charge in [-0.3, -0.25) is 4.90 Å². The molecule has 0 aliphatic heterocycles. The van der Waals surface area contributed by atoms with Gasteiger partial charge in [-0.05, 0) is 18.6 Å². The number of rotatable bonds is 6. The van der Waals surface area contributed by atoms with Gasteiger partial charge in [-0.25, -0.2) is 13.6 Å². The van der Waals surface area contributed by atoms with Crippen LogP contribution in [-0.4, -0.2) is 19.7 Å². The average molecular weight is 271 g/mol. The number of unbranched alkanes of at least 4 members (excludes halogenated alkanes) is 3. The Labute approximate surface area is 112 Å². The molecule has 0 heterocycles. The summed E-state index contributed by atoms with van der Waals surface area (Å²) < 4.78 is 31.1. The molecule has 3 nitrogen and oxygen atoms in total. The monoisotopic (exact) mass is 271 g/mol. The lowest BCUT2D eigenvalue weighted by atomic mass is 10.2. The van der Waals surface area contributed by atoms with Gasteiger partial charge in [0.05, 0.1) is 12.3 Å². The van der Waals surface area contributed by atoms with E-state index < -0.39 is 17.7 Å². The Bertz CT molecular complexity index is 404. The molecule has 0 bridgehead atoms. The van der Waals surface area contributed by atoms with Crippen molar-refractivity contribution >= 4 is 11.8 Å². The highest BCUT2D eigenvalue weighted by molar-refractivity contribution is 5.86. The first-order valence-corrected chi connectivity index (χ1v) is 6.41. The van der Waals surface area contributed by atoms with Crippen molar-refractivity contribution in [1.82, 2.24) is 0 Å². The highest BCUT2D eigenvalue weighted by atomic mass is 19.1. The summed E-state index contributed by atoms with van der Waals surface area (Å²) in [5, 5.41) is 0. The zero-order valence-corrected chi connectivity index (χ0v) is 11.3. The second-order valence-electron chi connectivity index (χ2n) is 4.36. The smallest absolute Gasteiger partial charge is 0.414 e. The van der Waals surface area contributed by atoms with Crippen LogP contribution in [0.2, 0.25) is 0 Å². The summed E-state index contributed by atoms with van der Waals surface area (Å²) in [4.78, 5) is 12.7.